The average molecular weight is 357 g/mol. The number of hydrogen-bond donors (Lipinski definition) is 3. The summed E-state index contributed by atoms with van der Waals surface area (Å²) in [6.45, 7) is 7.75. The van der Waals surface area contributed by atoms with Crippen molar-refractivity contribution in [2.45, 2.75) is 13.8 Å². The van der Waals surface area contributed by atoms with E-state index in [0.29, 0.717) is 16.9 Å². The largest absolute Gasteiger partial charge is 0.397 e. The molecule has 0 radical (unpaired) electrons. The molecule has 0 saturated carbocycles. The van der Waals surface area contributed by atoms with E-state index < -0.39 is 0 Å². The molecule has 3 rings (SSSR count). The Morgan fingerprint density at radius 1 is 0.963 bits per heavy atom. The molecule has 0 aliphatic rings. The molecule has 136 valence electrons. The van der Waals surface area contributed by atoms with Gasteiger partial charge < -0.3 is 16.4 Å². The molecule has 4 heteroatoms. The third kappa shape index (κ3) is 4.36. The lowest BCUT2D eigenvalue weighted by atomic mass is 9.99. The van der Waals surface area contributed by atoms with Crippen molar-refractivity contribution in [1.82, 2.24) is 0 Å². The minimum absolute atomic E-state index is 0.203. The molecule has 0 bridgehead atoms. The molecular weight excluding hydrogens is 334 g/mol. The fourth-order valence-electron chi connectivity index (χ4n) is 2.87. The summed E-state index contributed by atoms with van der Waals surface area (Å²) < 4.78 is 0. The van der Waals surface area contributed by atoms with E-state index in [4.69, 9.17) is 5.73 Å². The molecule has 0 unspecified atom stereocenters. The Kier molecular flexibility index (Phi) is 5.27. The van der Waals surface area contributed by atoms with Crippen molar-refractivity contribution in [2.75, 3.05) is 16.4 Å². The molecule has 27 heavy (non-hydrogen) atoms. The molecule has 4 nitrogen and oxygen atoms in total. The molecule has 0 heterocycles. The number of allylic oxidation sites excluding steroid dienone is 1. The second-order valence-electron chi connectivity index (χ2n) is 6.55. The Labute approximate surface area is 159 Å². The number of anilines is 3. The molecular formula is C23H23N3O. The number of rotatable bonds is 5. The van der Waals surface area contributed by atoms with E-state index in [1.807, 2.05) is 49.4 Å². The minimum Gasteiger partial charge on any atom is -0.397 e. The van der Waals surface area contributed by atoms with Crippen LogP contribution in [0.2, 0.25) is 0 Å². The minimum atomic E-state index is -0.203. The van der Waals surface area contributed by atoms with E-state index in [-0.39, 0.29) is 5.91 Å². The lowest BCUT2D eigenvalue weighted by Crippen LogP contribution is -2.13. The molecule has 0 atom stereocenters. The second kappa shape index (κ2) is 7.79. The smallest absolute Gasteiger partial charge is 0.255 e. The third-order valence-electron chi connectivity index (χ3n) is 4.26. The number of carbonyl (C=O) groups excluding carboxylic acids is 1. The van der Waals surface area contributed by atoms with Crippen LogP contribution in [0.5, 0.6) is 0 Å². The van der Waals surface area contributed by atoms with Gasteiger partial charge in [0, 0.05) is 16.9 Å². The van der Waals surface area contributed by atoms with Crippen LogP contribution < -0.4 is 16.4 Å². The van der Waals surface area contributed by atoms with Crippen LogP contribution in [0, 0.1) is 6.92 Å². The van der Waals surface area contributed by atoms with Crippen LogP contribution in [0.4, 0.5) is 17.1 Å². The average Bonchev–Trinajstić information content (AvgIpc) is 2.64. The molecule has 0 fully saturated rings. The van der Waals surface area contributed by atoms with E-state index in [2.05, 4.69) is 36.3 Å². The van der Waals surface area contributed by atoms with Gasteiger partial charge in [-0.15, -0.1) is 0 Å². The highest BCUT2D eigenvalue weighted by Gasteiger charge is 2.10. The number of nitrogens with two attached hydrogens (primary N) is 1. The van der Waals surface area contributed by atoms with Crippen LogP contribution >= 0.6 is 0 Å². The second-order valence-corrected chi connectivity index (χ2v) is 6.55. The summed E-state index contributed by atoms with van der Waals surface area (Å²) in [7, 11) is 0. The van der Waals surface area contributed by atoms with Gasteiger partial charge in [0.25, 0.3) is 5.91 Å². The maximum absolute atomic E-state index is 12.6. The molecule has 0 spiro atoms. The maximum atomic E-state index is 12.6. The Morgan fingerprint density at radius 2 is 1.67 bits per heavy atom. The molecule has 0 aliphatic heterocycles. The highest BCUT2D eigenvalue weighted by atomic mass is 16.1. The maximum Gasteiger partial charge on any atom is 0.255 e. The molecule has 1 amide bonds. The Hall–Kier alpha value is -3.53. The quantitative estimate of drug-likeness (QED) is 0.533. The van der Waals surface area contributed by atoms with Crippen LogP contribution in [-0.4, -0.2) is 5.91 Å². The molecule has 3 aromatic carbocycles. The van der Waals surface area contributed by atoms with Gasteiger partial charge in [0.15, 0.2) is 0 Å². The van der Waals surface area contributed by atoms with Gasteiger partial charge in [0.2, 0.25) is 0 Å². The predicted octanol–water partition coefficient (Wildman–Crippen LogP) is 5.44. The number of carbonyl (C=O) groups is 1. The number of nitrogens with one attached hydrogen (secondary N) is 2. The number of aryl methyl sites for hydroxylation is 1. The van der Waals surface area contributed by atoms with Crippen molar-refractivity contribution in [1.29, 1.82) is 0 Å². The highest BCUT2D eigenvalue weighted by molar-refractivity contribution is 6.06. The summed E-state index contributed by atoms with van der Waals surface area (Å²) in [5.41, 5.74) is 12.8. The van der Waals surface area contributed by atoms with Crippen LogP contribution in [0.25, 0.3) is 11.1 Å². The first-order valence-corrected chi connectivity index (χ1v) is 8.73. The van der Waals surface area contributed by atoms with Gasteiger partial charge in [-0.3, -0.25) is 4.79 Å². The van der Waals surface area contributed by atoms with Crippen molar-refractivity contribution in [3.8, 4) is 11.1 Å². The Balaban J connectivity index is 1.82. The summed E-state index contributed by atoms with van der Waals surface area (Å²) in [4.78, 5) is 12.6. The van der Waals surface area contributed by atoms with Crippen molar-refractivity contribution in [2.24, 2.45) is 0 Å². The van der Waals surface area contributed by atoms with Gasteiger partial charge in [-0.2, -0.15) is 0 Å². The van der Waals surface area contributed by atoms with Gasteiger partial charge in [0.05, 0.1) is 11.4 Å². The lowest BCUT2D eigenvalue weighted by Gasteiger charge is -2.12. The Bertz CT molecular complexity index is 991. The number of hydrogen-bond acceptors (Lipinski definition) is 3. The van der Waals surface area contributed by atoms with E-state index in [1.165, 1.54) is 5.56 Å². The zero-order chi connectivity index (χ0) is 19.4. The molecule has 3 aromatic rings. The third-order valence-corrected chi connectivity index (χ3v) is 4.26. The van der Waals surface area contributed by atoms with Crippen LogP contribution in [0.15, 0.2) is 79.0 Å². The molecule has 0 aromatic heterocycles. The van der Waals surface area contributed by atoms with Gasteiger partial charge in [0.1, 0.15) is 0 Å². The standard InChI is InChI=1S/C23H23N3O/c1-15(2)25-19-11-8-17(9-12-19)23(27)26-22-14-18(10-13-21(22)24)20-7-5-4-6-16(20)3/h4-14,25H,1,24H2,2-3H3,(H,26,27). The number of amides is 1. The molecule has 0 aliphatic carbocycles. The molecule has 0 saturated heterocycles. The molecule has 4 N–H and O–H groups in total. The van der Waals surface area contributed by atoms with E-state index in [0.717, 1.165) is 22.5 Å². The SMILES string of the molecule is C=C(C)Nc1ccc(C(=O)Nc2cc(-c3ccccc3C)ccc2N)cc1. The van der Waals surface area contributed by atoms with Gasteiger partial charge in [-0.05, 0) is 66.9 Å². The topological polar surface area (TPSA) is 67.2 Å². The fourth-order valence-corrected chi connectivity index (χ4v) is 2.87. The zero-order valence-electron chi connectivity index (χ0n) is 15.5. The number of nitrogen functional groups attached to an aromatic ring is 1. The fraction of sp³-hybridized carbons (Fsp3) is 0.0870. The first-order chi connectivity index (χ1) is 12.9. The van der Waals surface area contributed by atoms with Gasteiger partial charge >= 0.3 is 0 Å². The monoisotopic (exact) mass is 357 g/mol. The van der Waals surface area contributed by atoms with Gasteiger partial charge in [-0.1, -0.05) is 36.9 Å². The predicted molar refractivity (Wildman–Crippen MR) is 114 cm³/mol. The zero-order valence-corrected chi connectivity index (χ0v) is 15.5. The van der Waals surface area contributed by atoms with Crippen molar-refractivity contribution in [3.05, 3.63) is 90.1 Å². The summed E-state index contributed by atoms with van der Waals surface area (Å²) >= 11 is 0. The summed E-state index contributed by atoms with van der Waals surface area (Å²) in [5.74, 6) is -0.203. The van der Waals surface area contributed by atoms with E-state index >= 15 is 0 Å². The van der Waals surface area contributed by atoms with Crippen LogP contribution in [0.3, 0.4) is 0 Å². The van der Waals surface area contributed by atoms with E-state index in [1.54, 1.807) is 12.1 Å². The summed E-state index contributed by atoms with van der Waals surface area (Å²) in [6.07, 6.45) is 0. The van der Waals surface area contributed by atoms with Crippen molar-refractivity contribution >= 4 is 23.0 Å². The number of benzene rings is 3. The first kappa shape index (κ1) is 18.3. The van der Waals surface area contributed by atoms with Crippen LogP contribution in [-0.2, 0) is 0 Å². The van der Waals surface area contributed by atoms with Crippen molar-refractivity contribution < 1.29 is 4.79 Å². The summed E-state index contributed by atoms with van der Waals surface area (Å²) in [5, 5.41) is 6.03. The summed E-state index contributed by atoms with van der Waals surface area (Å²) in [6, 6.07) is 21.0. The Morgan fingerprint density at radius 3 is 2.33 bits per heavy atom. The normalized spacial score (nSPS) is 10.3. The first-order valence-electron chi connectivity index (χ1n) is 8.73. The van der Waals surface area contributed by atoms with Gasteiger partial charge in [-0.25, -0.2) is 0 Å². The highest BCUT2D eigenvalue weighted by Crippen LogP contribution is 2.29. The van der Waals surface area contributed by atoms with Crippen LogP contribution in [0.1, 0.15) is 22.8 Å². The van der Waals surface area contributed by atoms with E-state index in [9.17, 15) is 4.79 Å². The van der Waals surface area contributed by atoms with Crippen molar-refractivity contribution in [3.63, 3.8) is 0 Å². The lowest BCUT2D eigenvalue weighted by molar-refractivity contribution is 0.102.